The minimum atomic E-state index is -0.972. The zero-order chi connectivity index (χ0) is 12.4. The van der Waals surface area contributed by atoms with E-state index < -0.39 is 5.97 Å². The number of aromatic carboxylic acids is 1. The Balaban J connectivity index is 2.32. The molecule has 0 aliphatic carbocycles. The third kappa shape index (κ3) is 2.47. The first-order chi connectivity index (χ1) is 8.08. The molecular weight excluding hydrogens is 286 g/mol. The first-order valence-electron chi connectivity index (χ1n) is 4.85. The van der Waals surface area contributed by atoms with Crippen LogP contribution in [0.25, 0.3) is 0 Å². The van der Waals surface area contributed by atoms with Crippen LogP contribution in [-0.2, 0) is 7.05 Å². The van der Waals surface area contributed by atoms with Crippen LogP contribution < -0.4 is 5.32 Å². The number of nitrogens with zero attached hydrogens (tertiary/aromatic N) is 2. The molecule has 0 saturated heterocycles. The molecular formula is C11H10BrN3O2. The van der Waals surface area contributed by atoms with Crippen molar-refractivity contribution in [3.63, 3.8) is 0 Å². The van der Waals surface area contributed by atoms with Crippen LogP contribution in [0.4, 0.5) is 11.6 Å². The SMILES string of the molecule is Cn1ccnc1Nc1ccc(Br)c(C(=O)O)c1. The highest BCUT2D eigenvalue weighted by Gasteiger charge is 2.09. The molecule has 0 spiro atoms. The monoisotopic (exact) mass is 295 g/mol. The lowest BCUT2D eigenvalue weighted by Gasteiger charge is -2.07. The summed E-state index contributed by atoms with van der Waals surface area (Å²) in [6, 6.07) is 5.03. The van der Waals surface area contributed by atoms with E-state index in [9.17, 15) is 4.79 Å². The van der Waals surface area contributed by atoms with E-state index >= 15 is 0 Å². The van der Waals surface area contributed by atoms with Crippen molar-refractivity contribution < 1.29 is 9.90 Å². The predicted octanol–water partition coefficient (Wildman–Crippen LogP) is 2.62. The standard InChI is InChI=1S/C11H10BrN3O2/c1-15-5-4-13-11(15)14-7-2-3-9(12)8(6-7)10(16)17/h2-6H,1H3,(H,13,14)(H,16,17). The molecule has 88 valence electrons. The molecule has 1 heterocycles. The van der Waals surface area contributed by atoms with E-state index in [-0.39, 0.29) is 5.56 Å². The van der Waals surface area contributed by atoms with Gasteiger partial charge in [-0.3, -0.25) is 0 Å². The van der Waals surface area contributed by atoms with Crippen molar-refractivity contribution in [1.29, 1.82) is 0 Å². The number of halogens is 1. The predicted molar refractivity (Wildman–Crippen MR) is 67.6 cm³/mol. The lowest BCUT2D eigenvalue weighted by atomic mass is 10.2. The third-order valence-electron chi connectivity index (χ3n) is 2.27. The number of carboxylic acid groups (broad SMARTS) is 1. The number of benzene rings is 1. The quantitative estimate of drug-likeness (QED) is 0.913. The summed E-state index contributed by atoms with van der Waals surface area (Å²) in [6.45, 7) is 0. The Hall–Kier alpha value is -1.82. The highest BCUT2D eigenvalue weighted by atomic mass is 79.9. The van der Waals surface area contributed by atoms with Crippen LogP contribution in [0.1, 0.15) is 10.4 Å². The minimum absolute atomic E-state index is 0.212. The zero-order valence-electron chi connectivity index (χ0n) is 9.01. The van der Waals surface area contributed by atoms with Gasteiger partial charge in [-0.1, -0.05) is 0 Å². The Labute approximate surface area is 106 Å². The number of carboxylic acids is 1. The lowest BCUT2D eigenvalue weighted by molar-refractivity contribution is 0.0696. The molecule has 0 unspecified atom stereocenters. The summed E-state index contributed by atoms with van der Waals surface area (Å²) in [6.07, 6.45) is 3.47. The summed E-state index contributed by atoms with van der Waals surface area (Å²) in [7, 11) is 1.85. The number of aromatic nitrogens is 2. The Morgan fingerprint density at radius 1 is 1.53 bits per heavy atom. The molecule has 0 saturated carbocycles. The van der Waals surface area contributed by atoms with Gasteiger partial charge < -0.3 is 15.0 Å². The van der Waals surface area contributed by atoms with Gasteiger partial charge in [-0.25, -0.2) is 9.78 Å². The normalized spacial score (nSPS) is 10.2. The van der Waals surface area contributed by atoms with Gasteiger partial charge in [0.15, 0.2) is 0 Å². The average Bonchev–Trinajstić information content (AvgIpc) is 2.67. The molecule has 2 rings (SSSR count). The van der Waals surface area contributed by atoms with Crippen LogP contribution in [0.15, 0.2) is 35.1 Å². The molecule has 0 aliphatic rings. The van der Waals surface area contributed by atoms with Crippen LogP contribution in [0.2, 0.25) is 0 Å². The molecule has 5 nitrogen and oxygen atoms in total. The third-order valence-corrected chi connectivity index (χ3v) is 2.97. The number of hydrogen-bond acceptors (Lipinski definition) is 3. The van der Waals surface area contributed by atoms with Crippen molar-refractivity contribution in [3.05, 3.63) is 40.6 Å². The molecule has 17 heavy (non-hydrogen) atoms. The molecule has 0 aliphatic heterocycles. The fourth-order valence-corrected chi connectivity index (χ4v) is 1.80. The lowest BCUT2D eigenvalue weighted by Crippen LogP contribution is -2.02. The van der Waals surface area contributed by atoms with Gasteiger partial charge in [0, 0.05) is 29.6 Å². The second-order valence-electron chi connectivity index (χ2n) is 3.49. The van der Waals surface area contributed by atoms with Gasteiger partial charge in [-0.05, 0) is 34.1 Å². The molecule has 2 N–H and O–H groups in total. The van der Waals surface area contributed by atoms with Gasteiger partial charge in [-0.15, -0.1) is 0 Å². The van der Waals surface area contributed by atoms with Crippen molar-refractivity contribution in [3.8, 4) is 0 Å². The first-order valence-corrected chi connectivity index (χ1v) is 5.64. The molecule has 0 atom stereocenters. The number of carbonyl (C=O) groups is 1. The molecule has 0 fully saturated rings. The number of aryl methyl sites for hydroxylation is 1. The molecule has 0 bridgehead atoms. The van der Waals surface area contributed by atoms with E-state index in [1.165, 1.54) is 0 Å². The van der Waals surface area contributed by atoms with Crippen LogP contribution in [-0.4, -0.2) is 20.6 Å². The average molecular weight is 296 g/mol. The fraction of sp³-hybridized carbons (Fsp3) is 0.0909. The number of anilines is 2. The molecule has 0 radical (unpaired) electrons. The molecule has 1 aromatic heterocycles. The first kappa shape index (κ1) is 11.7. The van der Waals surface area contributed by atoms with Crippen LogP contribution in [0, 0.1) is 0 Å². The Kier molecular flexibility index (Phi) is 3.14. The van der Waals surface area contributed by atoms with E-state index in [2.05, 4.69) is 26.2 Å². The Bertz CT molecular complexity index is 566. The summed E-state index contributed by atoms with van der Waals surface area (Å²) in [4.78, 5) is 15.1. The van der Waals surface area contributed by atoms with Crippen LogP contribution >= 0.6 is 15.9 Å². The minimum Gasteiger partial charge on any atom is -0.478 e. The van der Waals surface area contributed by atoms with Gasteiger partial charge in [0.2, 0.25) is 5.95 Å². The fourth-order valence-electron chi connectivity index (χ4n) is 1.38. The topological polar surface area (TPSA) is 67.2 Å². The van der Waals surface area contributed by atoms with Crippen molar-refractivity contribution >= 4 is 33.5 Å². The van der Waals surface area contributed by atoms with E-state index in [0.29, 0.717) is 16.1 Å². The van der Waals surface area contributed by atoms with Gasteiger partial charge in [0.05, 0.1) is 5.56 Å². The molecule has 1 aromatic carbocycles. The van der Waals surface area contributed by atoms with Gasteiger partial charge in [0.1, 0.15) is 0 Å². The van der Waals surface area contributed by atoms with E-state index in [4.69, 9.17) is 5.11 Å². The van der Waals surface area contributed by atoms with E-state index in [1.54, 1.807) is 30.6 Å². The molecule has 6 heteroatoms. The summed E-state index contributed by atoms with van der Waals surface area (Å²) in [5.41, 5.74) is 0.893. The number of imidazole rings is 1. The maximum Gasteiger partial charge on any atom is 0.336 e. The van der Waals surface area contributed by atoms with Crippen molar-refractivity contribution in [2.75, 3.05) is 5.32 Å². The number of rotatable bonds is 3. The smallest absolute Gasteiger partial charge is 0.336 e. The summed E-state index contributed by atoms with van der Waals surface area (Å²) in [5, 5.41) is 12.0. The van der Waals surface area contributed by atoms with Crippen molar-refractivity contribution in [1.82, 2.24) is 9.55 Å². The highest BCUT2D eigenvalue weighted by Crippen LogP contribution is 2.23. The maximum atomic E-state index is 11.0. The second kappa shape index (κ2) is 4.58. The molecule has 2 aromatic rings. The van der Waals surface area contributed by atoms with Gasteiger partial charge in [-0.2, -0.15) is 0 Å². The largest absolute Gasteiger partial charge is 0.478 e. The van der Waals surface area contributed by atoms with Crippen LogP contribution in [0.5, 0.6) is 0 Å². The van der Waals surface area contributed by atoms with Crippen LogP contribution in [0.3, 0.4) is 0 Å². The van der Waals surface area contributed by atoms with Crippen molar-refractivity contribution in [2.45, 2.75) is 0 Å². The second-order valence-corrected chi connectivity index (χ2v) is 4.34. The number of nitrogens with one attached hydrogen (secondary N) is 1. The summed E-state index contributed by atoms with van der Waals surface area (Å²) < 4.78 is 2.36. The summed E-state index contributed by atoms with van der Waals surface area (Å²) in [5.74, 6) is -0.316. The highest BCUT2D eigenvalue weighted by molar-refractivity contribution is 9.10. The number of hydrogen-bond donors (Lipinski definition) is 2. The van der Waals surface area contributed by atoms with Gasteiger partial charge in [0.25, 0.3) is 0 Å². The van der Waals surface area contributed by atoms with E-state index in [1.807, 2.05) is 11.6 Å². The van der Waals surface area contributed by atoms with Gasteiger partial charge >= 0.3 is 5.97 Å². The summed E-state index contributed by atoms with van der Waals surface area (Å²) >= 11 is 3.19. The Morgan fingerprint density at radius 3 is 2.88 bits per heavy atom. The zero-order valence-corrected chi connectivity index (χ0v) is 10.6. The van der Waals surface area contributed by atoms with E-state index in [0.717, 1.165) is 0 Å². The van der Waals surface area contributed by atoms with Crippen molar-refractivity contribution in [2.24, 2.45) is 7.05 Å². The molecule has 0 amide bonds. The maximum absolute atomic E-state index is 11.0. The Morgan fingerprint density at radius 2 is 2.29 bits per heavy atom.